The fourth-order valence-corrected chi connectivity index (χ4v) is 4.32. The molecule has 3 aromatic rings. The van der Waals surface area contributed by atoms with E-state index in [0.717, 1.165) is 0 Å². The van der Waals surface area contributed by atoms with E-state index in [9.17, 15) is 14.2 Å². The lowest BCUT2D eigenvalue weighted by atomic mass is 10.2. The first-order chi connectivity index (χ1) is 17.2. The van der Waals surface area contributed by atoms with Crippen molar-refractivity contribution in [3.05, 3.63) is 47.0 Å². The third-order valence-electron chi connectivity index (χ3n) is 4.55. The van der Waals surface area contributed by atoms with E-state index in [1.54, 1.807) is 49.3 Å². The molecule has 1 aromatic carbocycles. The third-order valence-corrected chi connectivity index (χ3v) is 6.23. The number of aromatic nitrogens is 4. The van der Waals surface area contributed by atoms with Crippen molar-refractivity contribution in [2.45, 2.75) is 19.7 Å². The molecular formula is C21H28N7O7P. The SMILES string of the molecule is C[C@H](NP(=O)(OCCOCn1cnc2c(=O)[nH]c(N=CN(C)C)nc21)Oc1ccccc1)C(=O)CO. The quantitative estimate of drug-likeness (QED) is 0.120. The Morgan fingerprint density at radius 3 is 2.78 bits per heavy atom. The van der Waals surface area contributed by atoms with Gasteiger partial charge in [-0.3, -0.25) is 23.7 Å². The van der Waals surface area contributed by atoms with Gasteiger partial charge in [-0.1, -0.05) is 18.2 Å². The Bertz CT molecular complexity index is 1290. The van der Waals surface area contributed by atoms with Crippen molar-refractivity contribution < 1.29 is 28.3 Å². The molecule has 2 atom stereocenters. The van der Waals surface area contributed by atoms with Crippen LogP contribution >= 0.6 is 7.75 Å². The third kappa shape index (κ3) is 7.54. The molecular weight excluding hydrogens is 493 g/mol. The number of fused-ring (bicyclic) bond motifs is 1. The molecule has 2 aromatic heterocycles. The van der Waals surface area contributed by atoms with E-state index < -0.39 is 31.7 Å². The monoisotopic (exact) mass is 521 g/mol. The zero-order valence-corrected chi connectivity index (χ0v) is 20.9. The molecule has 0 radical (unpaired) electrons. The Morgan fingerprint density at radius 2 is 2.08 bits per heavy atom. The first-order valence-corrected chi connectivity index (χ1v) is 12.4. The summed E-state index contributed by atoms with van der Waals surface area (Å²) in [5, 5.41) is 11.6. The number of benzene rings is 1. The maximum Gasteiger partial charge on any atom is 0.459 e. The number of ketones is 1. The molecule has 0 aliphatic heterocycles. The second kappa shape index (κ2) is 12.5. The maximum absolute atomic E-state index is 13.2. The molecule has 0 saturated carbocycles. The number of ether oxygens (including phenoxy) is 1. The molecule has 0 spiro atoms. The van der Waals surface area contributed by atoms with Gasteiger partial charge in [0, 0.05) is 14.1 Å². The van der Waals surface area contributed by atoms with Gasteiger partial charge in [-0.15, -0.1) is 0 Å². The highest BCUT2D eigenvalue weighted by Crippen LogP contribution is 2.44. The number of rotatable bonds is 14. The van der Waals surface area contributed by atoms with E-state index in [2.05, 4.69) is 25.0 Å². The molecule has 194 valence electrons. The number of carbonyl (C=O) groups is 1. The zero-order valence-electron chi connectivity index (χ0n) is 20.0. The maximum atomic E-state index is 13.2. The molecule has 15 heteroatoms. The van der Waals surface area contributed by atoms with Crippen LogP contribution in [0.1, 0.15) is 6.92 Å². The van der Waals surface area contributed by atoms with E-state index in [1.807, 2.05) is 0 Å². The highest BCUT2D eigenvalue weighted by Gasteiger charge is 2.31. The van der Waals surface area contributed by atoms with E-state index in [-0.39, 0.29) is 42.8 Å². The van der Waals surface area contributed by atoms with E-state index >= 15 is 0 Å². The van der Waals surface area contributed by atoms with Crippen LogP contribution in [0.3, 0.4) is 0 Å². The fourth-order valence-electron chi connectivity index (χ4n) is 2.80. The molecule has 3 rings (SSSR count). The number of nitrogens with zero attached hydrogens (tertiary/aromatic N) is 5. The van der Waals surface area contributed by atoms with Crippen molar-refractivity contribution in [2.75, 3.05) is 33.9 Å². The Hall–Kier alpha value is -3.42. The lowest BCUT2D eigenvalue weighted by Crippen LogP contribution is -2.35. The summed E-state index contributed by atoms with van der Waals surface area (Å²) >= 11 is 0. The Morgan fingerprint density at radius 1 is 1.33 bits per heavy atom. The van der Waals surface area contributed by atoms with Crippen LogP contribution in [0.4, 0.5) is 5.95 Å². The van der Waals surface area contributed by atoms with Gasteiger partial charge < -0.3 is 19.3 Å². The van der Waals surface area contributed by atoms with Crippen molar-refractivity contribution in [1.29, 1.82) is 0 Å². The molecule has 0 aliphatic rings. The summed E-state index contributed by atoms with van der Waals surface area (Å²) in [7, 11) is -0.427. The summed E-state index contributed by atoms with van der Waals surface area (Å²) in [5.41, 5.74) is -0.0302. The van der Waals surface area contributed by atoms with Crippen LogP contribution in [0, 0.1) is 0 Å². The van der Waals surface area contributed by atoms with Gasteiger partial charge in [0.25, 0.3) is 5.56 Å². The number of imidazole rings is 1. The zero-order chi connectivity index (χ0) is 26.1. The molecule has 14 nitrogen and oxygen atoms in total. The van der Waals surface area contributed by atoms with Crippen molar-refractivity contribution in [1.82, 2.24) is 29.5 Å². The summed E-state index contributed by atoms with van der Waals surface area (Å²) in [6.45, 7) is 0.524. The van der Waals surface area contributed by atoms with E-state index in [0.29, 0.717) is 0 Å². The van der Waals surface area contributed by atoms with Gasteiger partial charge in [-0.25, -0.2) is 19.6 Å². The lowest BCUT2D eigenvalue weighted by molar-refractivity contribution is -0.123. The molecule has 1 unspecified atom stereocenters. The summed E-state index contributed by atoms with van der Waals surface area (Å²) in [6, 6.07) is 7.34. The standard InChI is InChI=1S/C21H28N7O7P/c1-15(17(30)11-29)26-36(32,35-16-7-5-4-6-8-16)34-10-9-33-14-28-13-22-18-19(28)24-21(25-20(18)31)23-12-27(2)3/h4-8,12-13,15,29H,9-11,14H2,1-3H3,(H,26,32)(H,24,25,31)/t15-,36?/m0/s1. The summed E-state index contributed by atoms with van der Waals surface area (Å²) < 4.78 is 31.3. The Balaban J connectivity index is 1.62. The number of aromatic amines is 1. The number of aliphatic hydroxyl groups excluding tert-OH is 1. The second-order valence-corrected chi connectivity index (χ2v) is 9.43. The van der Waals surface area contributed by atoms with Crippen LogP contribution in [0.25, 0.3) is 11.2 Å². The minimum atomic E-state index is -3.99. The largest absolute Gasteiger partial charge is 0.459 e. The minimum Gasteiger partial charge on any atom is -0.413 e. The molecule has 3 N–H and O–H groups in total. The number of H-pyrrole nitrogens is 1. The highest BCUT2D eigenvalue weighted by molar-refractivity contribution is 7.52. The molecule has 0 amide bonds. The Kier molecular flexibility index (Phi) is 9.44. The van der Waals surface area contributed by atoms with Gasteiger partial charge in [-0.05, 0) is 19.1 Å². The molecule has 0 fully saturated rings. The van der Waals surface area contributed by atoms with Gasteiger partial charge in [0.05, 0.1) is 31.9 Å². The fraction of sp³-hybridized carbons (Fsp3) is 0.381. The van der Waals surface area contributed by atoms with E-state index in [4.69, 9.17) is 18.9 Å². The summed E-state index contributed by atoms with van der Waals surface area (Å²) in [5.74, 6) is -0.190. The van der Waals surface area contributed by atoms with Crippen molar-refractivity contribution >= 4 is 37.0 Å². The first kappa shape index (κ1) is 27.2. The topological polar surface area (TPSA) is 173 Å². The van der Waals surface area contributed by atoms with Crippen molar-refractivity contribution in [2.24, 2.45) is 4.99 Å². The highest BCUT2D eigenvalue weighted by atomic mass is 31.2. The van der Waals surface area contributed by atoms with Crippen molar-refractivity contribution in [3.63, 3.8) is 0 Å². The number of carbonyl (C=O) groups excluding carboxylic acids is 1. The summed E-state index contributed by atoms with van der Waals surface area (Å²) in [6.07, 6.45) is 2.90. The van der Waals surface area contributed by atoms with Gasteiger partial charge in [0.15, 0.2) is 16.9 Å². The predicted octanol–water partition coefficient (Wildman–Crippen LogP) is 1.06. The average molecular weight is 521 g/mol. The normalized spacial score (nSPS) is 14.1. The van der Waals surface area contributed by atoms with E-state index in [1.165, 1.54) is 24.2 Å². The summed E-state index contributed by atoms with van der Waals surface area (Å²) in [4.78, 5) is 40.7. The number of hydrogen-bond acceptors (Lipinski definition) is 10. The molecule has 36 heavy (non-hydrogen) atoms. The van der Waals surface area contributed by atoms with Gasteiger partial charge in [0.1, 0.15) is 19.1 Å². The average Bonchev–Trinajstić information content (AvgIpc) is 3.26. The van der Waals surface area contributed by atoms with Crippen molar-refractivity contribution in [3.8, 4) is 5.75 Å². The van der Waals surface area contributed by atoms with Gasteiger partial charge in [-0.2, -0.15) is 4.98 Å². The van der Waals surface area contributed by atoms with Gasteiger partial charge >= 0.3 is 7.75 Å². The second-order valence-electron chi connectivity index (χ2n) is 7.73. The lowest BCUT2D eigenvalue weighted by Gasteiger charge is -2.22. The minimum absolute atomic E-state index is 0.0132. The molecule has 0 saturated heterocycles. The number of aliphatic imine (C=N–C) groups is 1. The number of Topliss-reactive ketones (excluding diaryl/α,β-unsaturated/α-hetero) is 1. The first-order valence-electron chi connectivity index (χ1n) is 10.8. The number of aliphatic hydroxyl groups is 1. The van der Waals surface area contributed by atoms with Crippen LogP contribution in [0.15, 0.2) is 46.4 Å². The Labute approximate surface area is 206 Å². The number of hydrogen-bond donors (Lipinski definition) is 3. The molecule has 0 aliphatic carbocycles. The number of nitrogens with one attached hydrogen (secondary N) is 2. The predicted molar refractivity (Wildman–Crippen MR) is 131 cm³/mol. The number of para-hydroxylation sites is 1. The molecule has 0 bridgehead atoms. The van der Waals surface area contributed by atoms with Crippen LogP contribution < -0.4 is 15.2 Å². The van der Waals surface area contributed by atoms with Crippen LogP contribution in [0.2, 0.25) is 0 Å². The van der Waals surface area contributed by atoms with Crippen LogP contribution in [-0.4, -0.2) is 81.6 Å². The van der Waals surface area contributed by atoms with Gasteiger partial charge in [0.2, 0.25) is 5.95 Å². The van der Waals surface area contributed by atoms with Crippen LogP contribution in [0.5, 0.6) is 5.75 Å². The van der Waals surface area contributed by atoms with Crippen LogP contribution in [-0.2, 0) is 25.4 Å². The molecule has 2 heterocycles. The smallest absolute Gasteiger partial charge is 0.413 e.